The second kappa shape index (κ2) is 3.79. The van der Waals surface area contributed by atoms with Crippen LogP contribution in [0.2, 0.25) is 0 Å². The Labute approximate surface area is 80.3 Å². The normalized spacial score (nSPS) is 35.0. The van der Waals surface area contributed by atoms with Crippen LogP contribution in [0.3, 0.4) is 0 Å². The van der Waals surface area contributed by atoms with Crippen LogP contribution in [0.5, 0.6) is 0 Å². The standard InChI is InChI=1S/C11H19NO/c1-2-6-12-9-4-3-5-10(12)8-11(13)7-9/h9-10H,2-8H2,1H3/t9-,10-/m0/s1. The highest BCUT2D eigenvalue weighted by molar-refractivity contribution is 5.80. The summed E-state index contributed by atoms with van der Waals surface area (Å²) in [7, 11) is 0. The van der Waals surface area contributed by atoms with Crippen LogP contribution in [-0.4, -0.2) is 29.3 Å². The van der Waals surface area contributed by atoms with Gasteiger partial charge in [-0.15, -0.1) is 0 Å². The third-order valence-electron chi connectivity index (χ3n) is 3.42. The predicted octanol–water partition coefficient (Wildman–Crippen LogP) is 1.98. The Morgan fingerprint density at radius 1 is 1.31 bits per heavy atom. The summed E-state index contributed by atoms with van der Waals surface area (Å²) in [4.78, 5) is 14.0. The number of nitrogens with zero attached hydrogens (tertiary/aromatic N) is 1. The van der Waals surface area contributed by atoms with Crippen molar-refractivity contribution in [3.63, 3.8) is 0 Å². The molecule has 74 valence electrons. The lowest BCUT2D eigenvalue weighted by Gasteiger charge is -2.45. The van der Waals surface area contributed by atoms with E-state index in [9.17, 15) is 4.79 Å². The number of hydrogen-bond acceptors (Lipinski definition) is 2. The van der Waals surface area contributed by atoms with E-state index in [1.807, 2.05) is 0 Å². The molecule has 2 bridgehead atoms. The third kappa shape index (κ3) is 1.78. The van der Waals surface area contributed by atoms with Gasteiger partial charge in [0.1, 0.15) is 5.78 Å². The summed E-state index contributed by atoms with van der Waals surface area (Å²) < 4.78 is 0. The van der Waals surface area contributed by atoms with Crippen LogP contribution < -0.4 is 0 Å². The Kier molecular flexibility index (Phi) is 2.68. The van der Waals surface area contributed by atoms with E-state index in [4.69, 9.17) is 0 Å². The van der Waals surface area contributed by atoms with Gasteiger partial charge in [0, 0.05) is 24.9 Å². The summed E-state index contributed by atoms with van der Waals surface area (Å²) in [6.07, 6.45) is 6.72. The van der Waals surface area contributed by atoms with E-state index < -0.39 is 0 Å². The summed E-state index contributed by atoms with van der Waals surface area (Å²) in [5.74, 6) is 0.502. The number of piperidine rings is 2. The number of carbonyl (C=O) groups excluding carboxylic acids is 1. The number of Topliss-reactive ketones (excluding diaryl/α,β-unsaturated/α-hetero) is 1. The lowest BCUT2D eigenvalue weighted by atomic mass is 9.84. The fourth-order valence-electron chi connectivity index (χ4n) is 2.89. The highest BCUT2D eigenvalue weighted by atomic mass is 16.1. The van der Waals surface area contributed by atoms with E-state index in [1.165, 1.54) is 32.2 Å². The molecule has 0 amide bonds. The van der Waals surface area contributed by atoms with Gasteiger partial charge in [0.15, 0.2) is 0 Å². The summed E-state index contributed by atoms with van der Waals surface area (Å²) in [6, 6.07) is 1.19. The van der Waals surface area contributed by atoms with Gasteiger partial charge in [-0.1, -0.05) is 13.3 Å². The van der Waals surface area contributed by atoms with Gasteiger partial charge < -0.3 is 0 Å². The Hall–Kier alpha value is -0.370. The molecular formula is C11H19NO. The van der Waals surface area contributed by atoms with E-state index in [-0.39, 0.29) is 0 Å². The maximum Gasteiger partial charge on any atom is 0.136 e. The van der Waals surface area contributed by atoms with Crippen LogP contribution in [0, 0.1) is 0 Å². The van der Waals surface area contributed by atoms with Gasteiger partial charge in [-0.05, 0) is 25.8 Å². The molecule has 2 rings (SSSR count). The number of carbonyl (C=O) groups is 1. The van der Waals surface area contributed by atoms with Crippen LogP contribution in [0.1, 0.15) is 45.4 Å². The average molecular weight is 181 g/mol. The average Bonchev–Trinajstić information content (AvgIpc) is 2.07. The molecule has 0 aromatic heterocycles. The molecule has 0 N–H and O–H groups in total. The minimum Gasteiger partial charge on any atom is -0.300 e. The smallest absolute Gasteiger partial charge is 0.136 e. The summed E-state index contributed by atoms with van der Waals surface area (Å²) in [6.45, 7) is 3.43. The molecule has 0 aromatic rings. The zero-order valence-corrected chi connectivity index (χ0v) is 8.46. The number of rotatable bonds is 2. The van der Waals surface area contributed by atoms with Crippen LogP contribution in [0.4, 0.5) is 0 Å². The lowest BCUT2D eigenvalue weighted by Crippen LogP contribution is -2.52. The first-order chi connectivity index (χ1) is 6.31. The molecule has 0 saturated carbocycles. The quantitative estimate of drug-likeness (QED) is 0.649. The van der Waals surface area contributed by atoms with Gasteiger partial charge in [0.05, 0.1) is 0 Å². The Bertz CT molecular complexity index is 186. The summed E-state index contributed by atoms with van der Waals surface area (Å²) in [5.41, 5.74) is 0. The number of hydrogen-bond donors (Lipinski definition) is 0. The molecule has 0 spiro atoms. The van der Waals surface area contributed by atoms with Gasteiger partial charge in [-0.2, -0.15) is 0 Å². The molecule has 13 heavy (non-hydrogen) atoms. The fourth-order valence-corrected chi connectivity index (χ4v) is 2.89. The SMILES string of the molecule is CCCN1[C@H]2CCC[C@H]1CC(=O)C2. The molecule has 2 atom stereocenters. The van der Waals surface area contributed by atoms with Gasteiger partial charge in [-0.3, -0.25) is 9.69 Å². The second-order valence-corrected chi connectivity index (χ2v) is 4.42. The van der Waals surface area contributed by atoms with Crippen molar-refractivity contribution in [3.8, 4) is 0 Å². The van der Waals surface area contributed by atoms with E-state index in [0.717, 1.165) is 12.8 Å². The molecule has 2 saturated heterocycles. The van der Waals surface area contributed by atoms with E-state index in [1.54, 1.807) is 0 Å². The first-order valence-corrected chi connectivity index (χ1v) is 5.58. The second-order valence-electron chi connectivity index (χ2n) is 4.42. The molecule has 2 aliphatic rings. The summed E-state index contributed by atoms with van der Waals surface area (Å²) >= 11 is 0. The Morgan fingerprint density at radius 2 is 1.92 bits per heavy atom. The van der Waals surface area contributed by atoms with Crippen LogP contribution in [0.25, 0.3) is 0 Å². The van der Waals surface area contributed by atoms with Gasteiger partial charge in [0.25, 0.3) is 0 Å². The zero-order chi connectivity index (χ0) is 9.26. The van der Waals surface area contributed by atoms with Crippen molar-refractivity contribution in [2.75, 3.05) is 6.54 Å². The molecule has 2 nitrogen and oxygen atoms in total. The molecule has 0 aliphatic carbocycles. The minimum absolute atomic E-state index is 0.502. The molecule has 2 heterocycles. The van der Waals surface area contributed by atoms with Crippen molar-refractivity contribution in [2.24, 2.45) is 0 Å². The maximum atomic E-state index is 11.4. The van der Waals surface area contributed by atoms with Crippen LogP contribution in [0.15, 0.2) is 0 Å². The maximum absolute atomic E-state index is 11.4. The van der Waals surface area contributed by atoms with Gasteiger partial charge >= 0.3 is 0 Å². The molecule has 0 radical (unpaired) electrons. The van der Waals surface area contributed by atoms with E-state index in [2.05, 4.69) is 11.8 Å². The molecule has 2 fully saturated rings. The zero-order valence-electron chi connectivity index (χ0n) is 8.46. The van der Waals surface area contributed by atoms with Crippen molar-refractivity contribution < 1.29 is 4.79 Å². The summed E-state index contributed by atoms with van der Waals surface area (Å²) in [5, 5.41) is 0. The molecule has 0 unspecified atom stereocenters. The predicted molar refractivity (Wildman–Crippen MR) is 52.7 cm³/mol. The molecule has 2 aliphatic heterocycles. The monoisotopic (exact) mass is 181 g/mol. The molecule has 2 heteroatoms. The Morgan fingerprint density at radius 3 is 2.46 bits per heavy atom. The first kappa shape index (κ1) is 9.20. The van der Waals surface area contributed by atoms with Crippen LogP contribution in [-0.2, 0) is 4.79 Å². The molecular weight excluding hydrogens is 162 g/mol. The van der Waals surface area contributed by atoms with E-state index >= 15 is 0 Å². The van der Waals surface area contributed by atoms with Gasteiger partial charge in [0.2, 0.25) is 0 Å². The van der Waals surface area contributed by atoms with Crippen molar-refractivity contribution in [1.82, 2.24) is 4.90 Å². The topological polar surface area (TPSA) is 20.3 Å². The van der Waals surface area contributed by atoms with E-state index in [0.29, 0.717) is 17.9 Å². The molecule has 0 aromatic carbocycles. The van der Waals surface area contributed by atoms with Crippen molar-refractivity contribution in [1.29, 1.82) is 0 Å². The first-order valence-electron chi connectivity index (χ1n) is 5.58. The number of fused-ring (bicyclic) bond motifs is 2. The lowest BCUT2D eigenvalue weighted by molar-refractivity contribution is -0.127. The Balaban J connectivity index is 2.05. The third-order valence-corrected chi connectivity index (χ3v) is 3.42. The number of ketones is 1. The van der Waals surface area contributed by atoms with Crippen molar-refractivity contribution in [3.05, 3.63) is 0 Å². The van der Waals surface area contributed by atoms with Gasteiger partial charge in [-0.25, -0.2) is 0 Å². The van der Waals surface area contributed by atoms with Crippen molar-refractivity contribution >= 4 is 5.78 Å². The van der Waals surface area contributed by atoms with Crippen molar-refractivity contribution in [2.45, 2.75) is 57.5 Å². The fraction of sp³-hybridized carbons (Fsp3) is 0.909. The highest BCUT2D eigenvalue weighted by Gasteiger charge is 2.36. The highest BCUT2D eigenvalue weighted by Crippen LogP contribution is 2.31. The van der Waals surface area contributed by atoms with Crippen LogP contribution >= 0.6 is 0 Å². The largest absolute Gasteiger partial charge is 0.300 e. The minimum atomic E-state index is 0.502.